The van der Waals surface area contributed by atoms with Crippen LogP contribution in [-0.2, 0) is 16.6 Å². The summed E-state index contributed by atoms with van der Waals surface area (Å²) in [5, 5.41) is 12.9. The Morgan fingerprint density at radius 2 is 1.71 bits per heavy atom. The maximum atomic E-state index is 13.6. The SMILES string of the molecule is Cc1cc(OCCO)ccc1N(CC(C)C)S(=O)(=O)c1ccc(OCc2c(C)noc2C)cc1. The van der Waals surface area contributed by atoms with Crippen LogP contribution in [0.15, 0.2) is 51.9 Å². The first-order valence-electron chi connectivity index (χ1n) is 11.1. The third kappa shape index (κ3) is 5.90. The van der Waals surface area contributed by atoms with Crippen molar-refractivity contribution in [2.45, 2.75) is 46.1 Å². The second-order valence-electron chi connectivity index (χ2n) is 8.51. The quantitative estimate of drug-likeness (QED) is 0.427. The summed E-state index contributed by atoms with van der Waals surface area (Å²) >= 11 is 0. The second-order valence-corrected chi connectivity index (χ2v) is 10.4. The molecule has 8 nitrogen and oxygen atoms in total. The standard InChI is InChI=1S/C25H32N2O6S/c1-17(2)15-27(25-11-8-22(14-18(25)3)31-13-12-28)34(29,30)23-9-6-21(7-10-23)32-16-24-19(4)26-33-20(24)5/h6-11,14,17,28H,12-13,15-16H2,1-5H3. The van der Waals surface area contributed by atoms with Gasteiger partial charge in [-0.2, -0.15) is 0 Å². The number of aryl methyl sites for hydroxylation is 3. The van der Waals surface area contributed by atoms with Gasteiger partial charge < -0.3 is 19.1 Å². The maximum absolute atomic E-state index is 13.6. The Bertz CT molecular complexity index is 1180. The molecule has 184 valence electrons. The van der Waals surface area contributed by atoms with E-state index >= 15 is 0 Å². The Hall–Kier alpha value is -3.04. The Morgan fingerprint density at radius 1 is 1.03 bits per heavy atom. The molecule has 1 heterocycles. The molecular formula is C25H32N2O6S. The molecule has 0 aliphatic rings. The van der Waals surface area contributed by atoms with Gasteiger partial charge in [-0.3, -0.25) is 4.31 Å². The first kappa shape index (κ1) is 25.6. The van der Waals surface area contributed by atoms with E-state index in [1.54, 1.807) is 42.5 Å². The maximum Gasteiger partial charge on any atom is 0.264 e. The van der Waals surface area contributed by atoms with E-state index in [2.05, 4.69) is 5.16 Å². The zero-order valence-corrected chi connectivity index (χ0v) is 21.1. The fourth-order valence-electron chi connectivity index (χ4n) is 3.52. The number of nitrogens with zero attached hydrogens (tertiary/aromatic N) is 2. The molecule has 0 aliphatic heterocycles. The summed E-state index contributed by atoms with van der Waals surface area (Å²) in [7, 11) is -3.82. The lowest BCUT2D eigenvalue weighted by Gasteiger charge is -2.28. The number of sulfonamides is 1. The van der Waals surface area contributed by atoms with Crippen LogP contribution in [0, 0.1) is 26.7 Å². The monoisotopic (exact) mass is 488 g/mol. The largest absolute Gasteiger partial charge is 0.491 e. The van der Waals surface area contributed by atoms with Crippen molar-refractivity contribution >= 4 is 15.7 Å². The van der Waals surface area contributed by atoms with Gasteiger partial charge in [-0.15, -0.1) is 0 Å². The van der Waals surface area contributed by atoms with Crippen molar-refractivity contribution in [3.8, 4) is 11.5 Å². The van der Waals surface area contributed by atoms with Gasteiger partial charge in [-0.1, -0.05) is 19.0 Å². The van der Waals surface area contributed by atoms with Crippen LogP contribution in [0.1, 0.15) is 36.4 Å². The van der Waals surface area contributed by atoms with Crippen LogP contribution >= 0.6 is 0 Å². The zero-order chi connectivity index (χ0) is 24.9. The molecule has 0 atom stereocenters. The first-order valence-corrected chi connectivity index (χ1v) is 12.6. The van der Waals surface area contributed by atoms with Gasteiger partial charge in [0, 0.05) is 6.54 Å². The number of aromatic nitrogens is 1. The lowest BCUT2D eigenvalue weighted by molar-refractivity contribution is 0.201. The van der Waals surface area contributed by atoms with Crippen molar-refractivity contribution in [2.75, 3.05) is 24.1 Å². The molecule has 34 heavy (non-hydrogen) atoms. The molecule has 0 radical (unpaired) electrons. The fourth-order valence-corrected chi connectivity index (χ4v) is 5.21. The van der Waals surface area contributed by atoms with Gasteiger partial charge in [0.05, 0.1) is 28.4 Å². The molecule has 0 amide bonds. The average Bonchev–Trinajstić information content (AvgIpc) is 3.12. The molecule has 0 saturated heterocycles. The van der Waals surface area contributed by atoms with Crippen LogP contribution in [0.25, 0.3) is 0 Å². The molecule has 1 N–H and O–H groups in total. The van der Waals surface area contributed by atoms with E-state index in [1.165, 1.54) is 4.31 Å². The van der Waals surface area contributed by atoms with E-state index < -0.39 is 10.0 Å². The minimum atomic E-state index is -3.82. The number of aliphatic hydroxyl groups excluding tert-OH is 1. The van der Waals surface area contributed by atoms with Crippen LogP contribution in [0.5, 0.6) is 11.5 Å². The molecule has 9 heteroatoms. The average molecular weight is 489 g/mol. The van der Waals surface area contributed by atoms with Gasteiger partial charge in [0.25, 0.3) is 10.0 Å². The Morgan fingerprint density at radius 3 is 2.26 bits per heavy atom. The van der Waals surface area contributed by atoms with E-state index in [0.717, 1.165) is 16.8 Å². The number of benzene rings is 2. The predicted octanol–water partition coefficient (Wildman–Crippen LogP) is 4.40. The number of anilines is 1. The van der Waals surface area contributed by atoms with Gasteiger partial charge in [0.2, 0.25) is 0 Å². The molecule has 0 aliphatic carbocycles. The second kappa shape index (κ2) is 10.9. The number of hydrogen-bond acceptors (Lipinski definition) is 7. The van der Waals surface area contributed by atoms with E-state index in [9.17, 15) is 8.42 Å². The third-order valence-corrected chi connectivity index (χ3v) is 7.10. The molecule has 2 aromatic carbocycles. The number of hydrogen-bond donors (Lipinski definition) is 1. The van der Waals surface area contributed by atoms with Crippen molar-refractivity contribution < 1.29 is 27.5 Å². The normalized spacial score (nSPS) is 11.6. The fraction of sp³-hybridized carbons (Fsp3) is 0.400. The first-order chi connectivity index (χ1) is 16.1. The van der Waals surface area contributed by atoms with E-state index in [-0.39, 0.29) is 30.6 Å². The van der Waals surface area contributed by atoms with Crippen LogP contribution in [-0.4, -0.2) is 38.4 Å². The van der Waals surface area contributed by atoms with Crippen molar-refractivity contribution in [3.05, 3.63) is 65.0 Å². The summed E-state index contributed by atoms with van der Waals surface area (Å²) in [5.41, 5.74) is 2.99. The molecule has 3 rings (SSSR count). The molecular weight excluding hydrogens is 456 g/mol. The van der Waals surface area contributed by atoms with Crippen LogP contribution < -0.4 is 13.8 Å². The van der Waals surface area contributed by atoms with Gasteiger partial charge in [0.15, 0.2) is 0 Å². The predicted molar refractivity (Wildman–Crippen MR) is 130 cm³/mol. The highest BCUT2D eigenvalue weighted by molar-refractivity contribution is 7.92. The Kier molecular flexibility index (Phi) is 8.22. The van der Waals surface area contributed by atoms with Crippen molar-refractivity contribution in [2.24, 2.45) is 5.92 Å². The molecule has 0 saturated carbocycles. The molecule has 0 unspecified atom stereocenters. The van der Waals surface area contributed by atoms with E-state index in [0.29, 0.717) is 29.5 Å². The molecule has 0 fully saturated rings. The van der Waals surface area contributed by atoms with Gasteiger partial charge in [-0.25, -0.2) is 8.42 Å². The van der Waals surface area contributed by atoms with Crippen LogP contribution in [0.2, 0.25) is 0 Å². The zero-order valence-electron chi connectivity index (χ0n) is 20.2. The van der Waals surface area contributed by atoms with Gasteiger partial charge in [0.1, 0.15) is 30.5 Å². The number of ether oxygens (including phenoxy) is 2. The minimum Gasteiger partial charge on any atom is -0.491 e. The third-order valence-electron chi connectivity index (χ3n) is 5.30. The number of rotatable bonds is 11. The van der Waals surface area contributed by atoms with Gasteiger partial charge >= 0.3 is 0 Å². The van der Waals surface area contributed by atoms with E-state index in [4.69, 9.17) is 19.1 Å². The molecule has 3 aromatic rings. The van der Waals surface area contributed by atoms with Crippen molar-refractivity contribution in [1.29, 1.82) is 0 Å². The highest BCUT2D eigenvalue weighted by atomic mass is 32.2. The molecule has 1 aromatic heterocycles. The highest BCUT2D eigenvalue weighted by Crippen LogP contribution is 2.31. The lowest BCUT2D eigenvalue weighted by atomic mass is 10.1. The van der Waals surface area contributed by atoms with Crippen molar-refractivity contribution in [3.63, 3.8) is 0 Å². The van der Waals surface area contributed by atoms with Crippen LogP contribution in [0.4, 0.5) is 5.69 Å². The number of aliphatic hydroxyl groups is 1. The van der Waals surface area contributed by atoms with Crippen LogP contribution in [0.3, 0.4) is 0 Å². The summed E-state index contributed by atoms with van der Waals surface area (Å²) in [6.45, 7) is 10.2. The Balaban J connectivity index is 1.84. The molecule has 0 spiro atoms. The summed E-state index contributed by atoms with van der Waals surface area (Å²) in [5.74, 6) is 1.94. The summed E-state index contributed by atoms with van der Waals surface area (Å²) in [6.07, 6.45) is 0. The molecule has 0 bridgehead atoms. The summed E-state index contributed by atoms with van der Waals surface area (Å²) in [6, 6.07) is 11.6. The summed E-state index contributed by atoms with van der Waals surface area (Å²) in [4.78, 5) is 0.179. The Labute approximate surface area is 201 Å². The smallest absolute Gasteiger partial charge is 0.264 e. The van der Waals surface area contributed by atoms with Crippen molar-refractivity contribution in [1.82, 2.24) is 5.16 Å². The van der Waals surface area contributed by atoms with E-state index in [1.807, 2.05) is 34.6 Å². The minimum absolute atomic E-state index is 0.0907. The lowest BCUT2D eigenvalue weighted by Crippen LogP contribution is -2.34. The topological polar surface area (TPSA) is 102 Å². The summed E-state index contributed by atoms with van der Waals surface area (Å²) < 4.78 is 45.1. The highest BCUT2D eigenvalue weighted by Gasteiger charge is 2.27. The van der Waals surface area contributed by atoms with Gasteiger partial charge in [-0.05, 0) is 74.7 Å².